The Kier molecular flexibility index (Phi) is 7.97. The molecule has 1 aliphatic rings. The molecule has 8 nitrogen and oxygen atoms in total. The van der Waals surface area contributed by atoms with E-state index < -0.39 is 10.8 Å². The van der Waals surface area contributed by atoms with Crippen LogP contribution < -0.4 is 10.2 Å². The summed E-state index contributed by atoms with van der Waals surface area (Å²) < 4.78 is 5.60. The van der Waals surface area contributed by atoms with Gasteiger partial charge in [0.15, 0.2) is 5.76 Å². The number of benzene rings is 2. The molecule has 1 aliphatic heterocycles. The van der Waals surface area contributed by atoms with Gasteiger partial charge in [-0.1, -0.05) is 30.7 Å². The van der Waals surface area contributed by atoms with Gasteiger partial charge >= 0.3 is 0 Å². The van der Waals surface area contributed by atoms with E-state index in [9.17, 15) is 14.9 Å². The number of piperazine rings is 1. The SMILES string of the molecule is CCN1CCN(c2ccc(NC(=O)c3ccc(-c4ccccc4[N+](=O)[O-])o3)cc2Cl)CC1.Cl. The van der Waals surface area contributed by atoms with E-state index >= 15 is 0 Å². The molecule has 0 saturated carbocycles. The van der Waals surface area contributed by atoms with E-state index in [-0.39, 0.29) is 29.6 Å². The Bertz CT molecular complexity index is 1140. The lowest BCUT2D eigenvalue weighted by molar-refractivity contribution is -0.384. The fourth-order valence-corrected chi connectivity index (χ4v) is 4.08. The first-order valence-corrected chi connectivity index (χ1v) is 10.8. The van der Waals surface area contributed by atoms with Crippen LogP contribution in [0.1, 0.15) is 17.5 Å². The highest BCUT2D eigenvalue weighted by Crippen LogP contribution is 2.32. The standard InChI is InChI=1S/C23H23ClN4O4.ClH/c1-2-26-11-13-27(14-12-26)20-8-7-16(15-18(20)24)25-23(29)22-10-9-21(32-22)17-5-3-4-6-19(17)28(30)31;/h3-10,15H,2,11-14H2,1H3,(H,25,29);1H. The van der Waals surface area contributed by atoms with Crippen molar-refractivity contribution in [2.45, 2.75) is 6.92 Å². The second-order valence-corrected chi connectivity index (χ2v) is 7.89. The zero-order valence-electron chi connectivity index (χ0n) is 18.0. The molecule has 10 heteroatoms. The average Bonchev–Trinajstić information content (AvgIpc) is 3.30. The van der Waals surface area contributed by atoms with Gasteiger partial charge in [-0.05, 0) is 42.9 Å². The molecule has 3 aromatic rings. The minimum Gasteiger partial charge on any atom is -0.451 e. The Morgan fingerprint density at radius 1 is 1.12 bits per heavy atom. The summed E-state index contributed by atoms with van der Waals surface area (Å²) in [6.45, 7) is 6.99. The first-order chi connectivity index (χ1) is 15.5. The Morgan fingerprint density at radius 2 is 1.85 bits per heavy atom. The van der Waals surface area contributed by atoms with Crippen molar-refractivity contribution in [1.82, 2.24) is 4.90 Å². The Hall–Kier alpha value is -3.07. The number of rotatable bonds is 6. The number of hydrogen-bond acceptors (Lipinski definition) is 6. The number of halogens is 2. The van der Waals surface area contributed by atoms with Crippen LogP contribution in [-0.2, 0) is 0 Å². The van der Waals surface area contributed by atoms with Crippen LogP contribution in [0.25, 0.3) is 11.3 Å². The van der Waals surface area contributed by atoms with Gasteiger partial charge in [-0.2, -0.15) is 0 Å². The second kappa shape index (κ2) is 10.7. The quantitative estimate of drug-likeness (QED) is 0.371. The third kappa shape index (κ3) is 5.47. The number of nitrogens with zero attached hydrogens (tertiary/aromatic N) is 3. The number of nitrogens with one attached hydrogen (secondary N) is 1. The Balaban J connectivity index is 0.00000306. The molecule has 0 atom stereocenters. The summed E-state index contributed by atoms with van der Waals surface area (Å²) >= 11 is 6.50. The number of carbonyl (C=O) groups excluding carboxylic acids is 1. The first kappa shape index (κ1) is 24.6. The van der Waals surface area contributed by atoms with E-state index in [1.807, 2.05) is 6.07 Å². The van der Waals surface area contributed by atoms with Gasteiger partial charge in [0.2, 0.25) is 0 Å². The summed E-state index contributed by atoms with van der Waals surface area (Å²) in [5.74, 6) is -0.161. The first-order valence-electron chi connectivity index (χ1n) is 10.4. The predicted molar refractivity (Wildman–Crippen MR) is 132 cm³/mol. The highest BCUT2D eigenvalue weighted by atomic mass is 35.5. The largest absolute Gasteiger partial charge is 0.451 e. The maximum Gasteiger partial charge on any atom is 0.291 e. The highest BCUT2D eigenvalue weighted by molar-refractivity contribution is 6.33. The van der Waals surface area contributed by atoms with Crippen LogP contribution in [0.4, 0.5) is 17.1 Å². The summed E-state index contributed by atoms with van der Waals surface area (Å²) in [5, 5.41) is 14.6. The lowest BCUT2D eigenvalue weighted by Crippen LogP contribution is -2.46. The van der Waals surface area contributed by atoms with Gasteiger partial charge in [-0.3, -0.25) is 14.9 Å². The minimum absolute atomic E-state index is 0. The molecule has 174 valence electrons. The third-order valence-corrected chi connectivity index (χ3v) is 5.86. The summed E-state index contributed by atoms with van der Waals surface area (Å²) in [5.41, 5.74) is 1.71. The number of carbonyl (C=O) groups is 1. The van der Waals surface area contributed by atoms with Crippen molar-refractivity contribution in [2.24, 2.45) is 0 Å². The van der Waals surface area contributed by atoms with Crippen molar-refractivity contribution in [1.29, 1.82) is 0 Å². The van der Waals surface area contributed by atoms with Gasteiger partial charge in [-0.25, -0.2) is 0 Å². The molecule has 1 N–H and O–H groups in total. The van der Waals surface area contributed by atoms with E-state index in [0.29, 0.717) is 16.3 Å². The molecule has 1 aromatic heterocycles. The monoisotopic (exact) mass is 490 g/mol. The smallest absolute Gasteiger partial charge is 0.291 e. The van der Waals surface area contributed by atoms with Crippen LogP contribution in [0.3, 0.4) is 0 Å². The molecule has 2 heterocycles. The van der Waals surface area contributed by atoms with E-state index in [4.69, 9.17) is 16.0 Å². The fraction of sp³-hybridized carbons (Fsp3) is 0.261. The Morgan fingerprint density at radius 3 is 2.52 bits per heavy atom. The van der Waals surface area contributed by atoms with Crippen molar-refractivity contribution in [3.8, 4) is 11.3 Å². The molecule has 33 heavy (non-hydrogen) atoms. The van der Waals surface area contributed by atoms with Crippen LogP contribution in [0.5, 0.6) is 0 Å². The summed E-state index contributed by atoms with van der Waals surface area (Å²) in [4.78, 5) is 28.0. The third-order valence-electron chi connectivity index (χ3n) is 5.56. The van der Waals surface area contributed by atoms with E-state index in [0.717, 1.165) is 38.4 Å². The molecule has 4 rings (SSSR count). The molecule has 2 aromatic carbocycles. The van der Waals surface area contributed by atoms with Crippen LogP contribution in [0, 0.1) is 10.1 Å². The molecule has 0 unspecified atom stereocenters. The van der Waals surface area contributed by atoms with E-state index in [1.54, 1.807) is 36.4 Å². The average molecular weight is 491 g/mol. The zero-order valence-corrected chi connectivity index (χ0v) is 19.6. The molecule has 1 fully saturated rings. The molecule has 0 radical (unpaired) electrons. The maximum atomic E-state index is 12.6. The van der Waals surface area contributed by atoms with Crippen molar-refractivity contribution >= 4 is 47.0 Å². The van der Waals surface area contributed by atoms with Gasteiger partial charge in [0.1, 0.15) is 5.76 Å². The van der Waals surface area contributed by atoms with Crippen LogP contribution in [-0.4, -0.2) is 48.5 Å². The van der Waals surface area contributed by atoms with Crippen molar-refractivity contribution in [3.05, 3.63) is 75.5 Å². The van der Waals surface area contributed by atoms with Gasteiger partial charge < -0.3 is 19.5 Å². The van der Waals surface area contributed by atoms with Gasteiger partial charge in [0.25, 0.3) is 11.6 Å². The number of hydrogen-bond donors (Lipinski definition) is 1. The molecule has 0 bridgehead atoms. The predicted octanol–water partition coefficient (Wildman–Crippen LogP) is 5.32. The lowest BCUT2D eigenvalue weighted by atomic mass is 10.1. The van der Waals surface area contributed by atoms with Crippen LogP contribution in [0.15, 0.2) is 59.0 Å². The highest BCUT2D eigenvalue weighted by Gasteiger charge is 2.21. The van der Waals surface area contributed by atoms with Crippen molar-refractivity contribution in [3.63, 3.8) is 0 Å². The molecule has 1 saturated heterocycles. The number of para-hydroxylation sites is 1. The summed E-state index contributed by atoms with van der Waals surface area (Å²) in [6.07, 6.45) is 0. The van der Waals surface area contributed by atoms with Crippen molar-refractivity contribution < 1.29 is 14.1 Å². The molecule has 1 amide bonds. The lowest BCUT2D eigenvalue weighted by Gasteiger charge is -2.36. The zero-order chi connectivity index (χ0) is 22.7. The number of amides is 1. The van der Waals surface area contributed by atoms with Gasteiger partial charge in [0, 0.05) is 37.9 Å². The molecule has 0 spiro atoms. The fourth-order valence-electron chi connectivity index (χ4n) is 3.78. The summed E-state index contributed by atoms with van der Waals surface area (Å²) in [7, 11) is 0. The number of nitro groups is 1. The maximum absolute atomic E-state index is 12.6. The van der Waals surface area contributed by atoms with E-state index in [1.165, 1.54) is 12.1 Å². The molecule has 0 aliphatic carbocycles. The van der Waals surface area contributed by atoms with Crippen LogP contribution in [0.2, 0.25) is 5.02 Å². The number of nitro benzene ring substituents is 1. The Labute approximate surface area is 202 Å². The van der Waals surface area contributed by atoms with Gasteiger partial charge in [-0.15, -0.1) is 12.4 Å². The van der Waals surface area contributed by atoms with Crippen LogP contribution >= 0.6 is 24.0 Å². The molecular weight excluding hydrogens is 467 g/mol. The van der Waals surface area contributed by atoms with Gasteiger partial charge in [0.05, 0.1) is 21.2 Å². The summed E-state index contributed by atoms with van der Waals surface area (Å²) in [6, 6.07) is 14.7. The number of likely N-dealkylation sites (N-methyl/N-ethyl adjacent to an activating group) is 1. The molecular formula is C23H24Cl2N4O4. The minimum atomic E-state index is -0.483. The van der Waals surface area contributed by atoms with Crippen molar-refractivity contribution in [2.75, 3.05) is 42.9 Å². The normalized spacial score (nSPS) is 13.9. The number of furan rings is 1. The van der Waals surface area contributed by atoms with E-state index in [2.05, 4.69) is 22.0 Å². The second-order valence-electron chi connectivity index (χ2n) is 7.48. The topological polar surface area (TPSA) is 91.9 Å². The number of anilines is 2.